The lowest BCUT2D eigenvalue weighted by Gasteiger charge is -1.99. The zero-order chi connectivity index (χ0) is 27.3. The Kier molecular flexibility index (Phi) is 7.62. The second-order valence-electron chi connectivity index (χ2n) is 9.79. The molecule has 0 amide bonds. The summed E-state index contributed by atoms with van der Waals surface area (Å²) in [6, 6.07) is 34.4. The molecule has 6 aromatic rings. The van der Waals surface area contributed by atoms with Crippen LogP contribution in [-0.2, 0) is 0 Å². The Hall–Kier alpha value is -4.38. The Morgan fingerprint density at radius 3 is 1.05 bits per heavy atom. The Labute approximate surface area is 243 Å². The fraction of sp³-hybridized carbons (Fsp3) is 0.0556. The van der Waals surface area contributed by atoms with Gasteiger partial charge in [-0.3, -0.25) is 0 Å². The molecule has 6 rings (SSSR count). The third-order valence-electron chi connectivity index (χ3n) is 6.68. The Bertz CT molecular complexity index is 1630. The van der Waals surface area contributed by atoms with Crippen molar-refractivity contribution in [3.8, 4) is 30.9 Å². The minimum absolute atomic E-state index is 0.951. The van der Waals surface area contributed by atoms with Gasteiger partial charge in [-0.25, -0.2) is 9.97 Å². The first-order chi connectivity index (χ1) is 19.6. The van der Waals surface area contributed by atoms with E-state index in [2.05, 4.69) is 135 Å². The van der Waals surface area contributed by atoms with Gasteiger partial charge in [0.05, 0.1) is 9.75 Å². The lowest BCUT2D eigenvalue weighted by Crippen LogP contribution is -1.76. The smallest absolute Gasteiger partial charge is 0.152 e. The number of rotatable bonds is 7. The third-order valence-corrected chi connectivity index (χ3v) is 8.91. The van der Waals surface area contributed by atoms with Crippen LogP contribution in [0, 0.1) is 13.8 Å². The summed E-state index contributed by atoms with van der Waals surface area (Å²) in [4.78, 5) is 11.7. The Morgan fingerprint density at radius 2 is 0.725 bits per heavy atom. The van der Waals surface area contributed by atoms with Gasteiger partial charge >= 0.3 is 0 Å². The minimum atomic E-state index is 0.951. The molecule has 0 N–H and O–H groups in total. The lowest BCUT2D eigenvalue weighted by molar-refractivity contribution is 1.35. The van der Waals surface area contributed by atoms with E-state index in [1.807, 2.05) is 12.4 Å². The van der Waals surface area contributed by atoms with Crippen molar-refractivity contribution in [3.63, 3.8) is 0 Å². The number of nitrogens with zero attached hydrogens (tertiary/aromatic N) is 2. The van der Waals surface area contributed by atoms with E-state index < -0.39 is 0 Å². The average molecular weight is 553 g/mol. The van der Waals surface area contributed by atoms with Crippen LogP contribution < -0.4 is 0 Å². The topological polar surface area (TPSA) is 25.8 Å². The van der Waals surface area contributed by atoms with Crippen molar-refractivity contribution in [1.82, 2.24) is 9.97 Å². The van der Waals surface area contributed by atoms with E-state index in [0.717, 1.165) is 19.8 Å². The second kappa shape index (κ2) is 11.8. The van der Waals surface area contributed by atoms with Crippen molar-refractivity contribution in [2.45, 2.75) is 13.8 Å². The molecule has 0 fully saturated rings. The Morgan fingerprint density at radius 1 is 0.425 bits per heavy atom. The van der Waals surface area contributed by atoms with Gasteiger partial charge in [-0.2, -0.15) is 0 Å². The van der Waals surface area contributed by atoms with E-state index in [1.165, 1.54) is 44.5 Å². The predicted molar refractivity (Wildman–Crippen MR) is 174 cm³/mol. The van der Waals surface area contributed by atoms with Gasteiger partial charge in [0.25, 0.3) is 0 Å². The summed E-state index contributed by atoms with van der Waals surface area (Å²) in [5.41, 5.74) is 9.65. The molecule has 2 aromatic heterocycles. The van der Waals surface area contributed by atoms with Gasteiger partial charge in [-0.1, -0.05) is 132 Å². The number of aromatic nitrogens is 2. The normalized spacial score (nSPS) is 11.6. The molecular weight excluding hydrogens is 525 g/mol. The van der Waals surface area contributed by atoms with Gasteiger partial charge in [0.1, 0.15) is 0 Å². The van der Waals surface area contributed by atoms with E-state index in [4.69, 9.17) is 9.97 Å². The van der Waals surface area contributed by atoms with Crippen LogP contribution in [0.2, 0.25) is 0 Å². The maximum atomic E-state index is 4.69. The van der Waals surface area contributed by atoms with Crippen LogP contribution in [0.25, 0.3) is 55.2 Å². The summed E-state index contributed by atoms with van der Waals surface area (Å²) in [7, 11) is 0. The Balaban J connectivity index is 1.12. The van der Waals surface area contributed by atoms with E-state index >= 15 is 0 Å². The van der Waals surface area contributed by atoms with E-state index in [0.29, 0.717) is 0 Å². The molecule has 2 heterocycles. The summed E-state index contributed by atoms with van der Waals surface area (Å²) in [6.07, 6.45) is 12.5. The van der Waals surface area contributed by atoms with Crippen LogP contribution in [0.15, 0.2) is 109 Å². The molecule has 0 saturated carbocycles. The minimum Gasteiger partial charge on any atom is -0.241 e. The van der Waals surface area contributed by atoms with Gasteiger partial charge in [0.15, 0.2) is 10.0 Å². The molecule has 2 nitrogen and oxygen atoms in total. The van der Waals surface area contributed by atoms with Crippen molar-refractivity contribution < 1.29 is 0 Å². The van der Waals surface area contributed by atoms with Crippen molar-refractivity contribution in [2.24, 2.45) is 0 Å². The first-order valence-corrected chi connectivity index (χ1v) is 14.8. The van der Waals surface area contributed by atoms with Gasteiger partial charge in [0.2, 0.25) is 0 Å². The predicted octanol–water partition coefficient (Wildman–Crippen LogP) is 10.6. The van der Waals surface area contributed by atoms with Crippen LogP contribution in [-0.4, -0.2) is 9.97 Å². The molecule has 40 heavy (non-hydrogen) atoms. The van der Waals surface area contributed by atoms with Crippen LogP contribution in [0.5, 0.6) is 0 Å². The van der Waals surface area contributed by atoms with Crippen LogP contribution >= 0.6 is 22.7 Å². The molecule has 4 heteroatoms. The summed E-state index contributed by atoms with van der Waals surface area (Å²) < 4.78 is 0. The highest BCUT2D eigenvalue weighted by molar-refractivity contribution is 7.24. The first-order valence-electron chi connectivity index (χ1n) is 13.2. The van der Waals surface area contributed by atoms with Crippen molar-refractivity contribution in [3.05, 3.63) is 143 Å². The van der Waals surface area contributed by atoms with Crippen LogP contribution in [0.4, 0.5) is 0 Å². The second-order valence-corrected chi connectivity index (χ2v) is 11.9. The van der Waals surface area contributed by atoms with E-state index in [-0.39, 0.29) is 0 Å². The van der Waals surface area contributed by atoms with Gasteiger partial charge in [0, 0.05) is 12.4 Å². The molecule has 0 bridgehead atoms. The monoisotopic (exact) mass is 552 g/mol. The highest BCUT2D eigenvalue weighted by Gasteiger charge is 2.12. The molecule has 0 unspecified atom stereocenters. The standard InChI is InChI=1S/C36H28N2S2/c1-25-3-7-27(8-4-25)11-13-29-15-19-31(20-16-29)33-23-37-35(39-33)36-38-24-34(40-36)32-21-17-30(18-22-32)14-12-28-9-5-26(2)6-10-28/h3-24H,1-2H3. The lowest BCUT2D eigenvalue weighted by atomic mass is 10.1. The molecule has 0 atom stereocenters. The molecule has 0 spiro atoms. The molecular formula is C36H28N2S2. The number of hydrogen-bond acceptors (Lipinski definition) is 4. The van der Waals surface area contributed by atoms with Gasteiger partial charge < -0.3 is 0 Å². The molecule has 0 radical (unpaired) electrons. The van der Waals surface area contributed by atoms with Gasteiger partial charge in [-0.05, 0) is 47.2 Å². The molecule has 0 aliphatic heterocycles. The van der Waals surface area contributed by atoms with Crippen LogP contribution in [0.3, 0.4) is 0 Å². The SMILES string of the molecule is Cc1ccc(C=Cc2ccc(-c3cnc(-c4ncc(-c5ccc(C=Cc6ccc(C)cc6)cc5)s4)s3)cc2)cc1. The largest absolute Gasteiger partial charge is 0.241 e. The number of benzene rings is 4. The summed E-state index contributed by atoms with van der Waals surface area (Å²) in [5, 5.41) is 1.90. The number of thiazole rings is 2. The van der Waals surface area contributed by atoms with Crippen LogP contribution in [0.1, 0.15) is 33.4 Å². The highest BCUT2D eigenvalue weighted by atomic mass is 32.1. The zero-order valence-corrected chi connectivity index (χ0v) is 24.0. The molecule has 4 aromatic carbocycles. The third kappa shape index (κ3) is 6.26. The van der Waals surface area contributed by atoms with Gasteiger partial charge in [-0.15, -0.1) is 22.7 Å². The highest BCUT2D eigenvalue weighted by Crippen LogP contribution is 2.37. The summed E-state index contributed by atoms with van der Waals surface area (Å²) in [5.74, 6) is 0. The summed E-state index contributed by atoms with van der Waals surface area (Å²) in [6.45, 7) is 4.21. The molecule has 194 valence electrons. The maximum absolute atomic E-state index is 4.69. The van der Waals surface area contributed by atoms with Crippen molar-refractivity contribution in [2.75, 3.05) is 0 Å². The fourth-order valence-electron chi connectivity index (χ4n) is 4.27. The quantitative estimate of drug-likeness (QED) is 0.184. The summed E-state index contributed by atoms with van der Waals surface area (Å²) >= 11 is 3.36. The van der Waals surface area contributed by atoms with Crippen molar-refractivity contribution >= 4 is 47.0 Å². The van der Waals surface area contributed by atoms with Crippen molar-refractivity contribution in [1.29, 1.82) is 0 Å². The zero-order valence-electron chi connectivity index (χ0n) is 22.4. The average Bonchev–Trinajstić information content (AvgIpc) is 3.68. The number of hydrogen-bond donors (Lipinski definition) is 0. The van der Waals surface area contributed by atoms with E-state index in [9.17, 15) is 0 Å². The molecule has 0 saturated heterocycles. The first kappa shape index (κ1) is 25.9. The molecule has 0 aliphatic rings. The number of aryl methyl sites for hydroxylation is 2. The molecule has 0 aliphatic carbocycles. The van der Waals surface area contributed by atoms with E-state index in [1.54, 1.807) is 22.7 Å². The maximum Gasteiger partial charge on any atom is 0.152 e. The fourth-order valence-corrected chi connectivity index (χ4v) is 6.15.